The van der Waals surface area contributed by atoms with E-state index in [1.54, 1.807) is 18.2 Å². The molecule has 0 bridgehead atoms. The van der Waals surface area contributed by atoms with Gasteiger partial charge in [-0.25, -0.2) is 0 Å². The summed E-state index contributed by atoms with van der Waals surface area (Å²) in [5.74, 6) is -0.669. The summed E-state index contributed by atoms with van der Waals surface area (Å²) < 4.78 is 35.4. The van der Waals surface area contributed by atoms with Gasteiger partial charge in [0.25, 0.3) is 0 Å². The molecule has 231 valence electrons. The molecule has 5 aromatic carbocycles. The molecule has 0 N–H and O–H groups in total. The minimum Gasteiger partial charge on any atom is -0.305 e. The van der Waals surface area contributed by atoms with Gasteiger partial charge < -0.3 is 9.97 Å². The first-order chi connectivity index (χ1) is 24.1. The molecule has 0 amide bonds. The van der Waals surface area contributed by atoms with Gasteiger partial charge in [0.1, 0.15) is 0 Å². The van der Waals surface area contributed by atoms with Crippen LogP contribution in [0.25, 0.3) is 73.6 Å². The van der Waals surface area contributed by atoms with Gasteiger partial charge in [0.2, 0.25) is 0 Å². The van der Waals surface area contributed by atoms with Crippen molar-refractivity contribution in [2.45, 2.75) is 26.6 Å². The molecular weight excluding hydrogens is 789 g/mol. The zero-order valence-electron chi connectivity index (χ0n) is 29.6. The molecule has 4 aromatic heterocycles. The van der Waals surface area contributed by atoms with Gasteiger partial charge >= 0.3 is 0 Å². The van der Waals surface area contributed by atoms with Crippen molar-refractivity contribution in [3.8, 4) is 22.5 Å². The maximum absolute atomic E-state index is 8.44. The van der Waals surface area contributed by atoms with Crippen LogP contribution in [-0.4, -0.2) is 9.97 Å². The van der Waals surface area contributed by atoms with E-state index < -0.39 is 12.7 Å². The summed E-state index contributed by atoms with van der Waals surface area (Å²) in [6.07, 6.45) is 3.21. The third-order valence-corrected chi connectivity index (χ3v) is 10.8. The Hall–Kier alpha value is -4.25. The summed E-state index contributed by atoms with van der Waals surface area (Å²) in [5, 5.41) is 7.81. The number of aromatic nitrogens is 2. The van der Waals surface area contributed by atoms with Crippen LogP contribution < -0.4 is 0 Å². The summed E-state index contributed by atoms with van der Waals surface area (Å²) in [6.45, 7) is 1.74. The van der Waals surface area contributed by atoms with Crippen LogP contribution >= 0.6 is 22.7 Å². The van der Waals surface area contributed by atoms with Crippen LogP contribution in [0.3, 0.4) is 0 Å². The molecule has 1 radical (unpaired) electrons. The fourth-order valence-electron chi connectivity index (χ4n) is 5.96. The molecule has 0 aliphatic heterocycles. The number of benzene rings is 5. The number of hydrogen-bond donors (Lipinski definition) is 0. The Morgan fingerprint density at radius 3 is 2.09 bits per heavy atom. The van der Waals surface area contributed by atoms with Crippen molar-refractivity contribution in [3.63, 3.8) is 0 Å². The second kappa shape index (κ2) is 13.1. The van der Waals surface area contributed by atoms with Gasteiger partial charge in [-0.05, 0) is 51.9 Å². The largest absolute Gasteiger partial charge is 0.305 e. The van der Waals surface area contributed by atoms with Crippen LogP contribution in [0.5, 0.6) is 0 Å². The average Bonchev–Trinajstić information content (AvgIpc) is 3.71. The van der Waals surface area contributed by atoms with Crippen LogP contribution in [0.1, 0.15) is 36.4 Å². The van der Waals surface area contributed by atoms with Crippen LogP contribution in [0, 0.1) is 19.0 Å². The minimum absolute atomic E-state index is 0. The number of aryl methyl sites for hydroxylation is 1. The summed E-state index contributed by atoms with van der Waals surface area (Å²) in [7, 11) is 0. The second-order valence-corrected chi connectivity index (χ2v) is 13.5. The molecule has 0 saturated heterocycles. The van der Waals surface area contributed by atoms with Crippen LogP contribution in [-0.2, 0) is 20.1 Å². The maximum Gasteiger partial charge on any atom is 0.0434 e. The van der Waals surface area contributed by atoms with E-state index in [-0.39, 0.29) is 25.7 Å². The molecular formula is C42H30IrN2S2-2. The first-order valence-corrected chi connectivity index (χ1v) is 16.7. The monoisotopic (exact) mass is 823 g/mol. The minimum atomic E-state index is -2.09. The van der Waals surface area contributed by atoms with Crippen LogP contribution in [0.15, 0.2) is 122 Å². The van der Waals surface area contributed by atoms with Gasteiger partial charge in [0, 0.05) is 73.6 Å². The molecule has 9 aromatic rings. The zero-order valence-corrected chi connectivity index (χ0v) is 29.6. The van der Waals surface area contributed by atoms with Crippen molar-refractivity contribution in [1.29, 1.82) is 0 Å². The van der Waals surface area contributed by atoms with E-state index in [0.717, 1.165) is 28.1 Å². The van der Waals surface area contributed by atoms with E-state index >= 15 is 0 Å². The van der Waals surface area contributed by atoms with Gasteiger partial charge in [-0.3, -0.25) is 0 Å². The predicted molar refractivity (Wildman–Crippen MR) is 199 cm³/mol. The molecule has 4 heterocycles. The topological polar surface area (TPSA) is 25.8 Å². The molecule has 5 heteroatoms. The Labute approximate surface area is 301 Å². The Bertz CT molecular complexity index is 2680. The third-order valence-electron chi connectivity index (χ3n) is 8.28. The zero-order chi connectivity index (χ0) is 34.6. The summed E-state index contributed by atoms with van der Waals surface area (Å²) >= 11 is 3.71. The van der Waals surface area contributed by atoms with Crippen LogP contribution in [0.4, 0.5) is 0 Å². The van der Waals surface area contributed by atoms with E-state index in [0.29, 0.717) is 0 Å². The predicted octanol–water partition coefficient (Wildman–Crippen LogP) is 12.4. The van der Waals surface area contributed by atoms with Crippen molar-refractivity contribution in [2.24, 2.45) is 0 Å². The van der Waals surface area contributed by atoms with Gasteiger partial charge in [0.05, 0.1) is 0 Å². The first-order valence-electron chi connectivity index (χ1n) is 17.1. The molecule has 0 fully saturated rings. The number of nitrogens with zero attached hydrogens (tertiary/aromatic N) is 2. The first kappa shape index (κ1) is 26.8. The van der Waals surface area contributed by atoms with Gasteiger partial charge in [-0.1, -0.05) is 85.5 Å². The van der Waals surface area contributed by atoms with Crippen molar-refractivity contribution in [1.82, 2.24) is 9.97 Å². The smallest absolute Gasteiger partial charge is 0.0434 e. The quantitative estimate of drug-likeness (QED) is 0.166. The number of thiophene rings is 2. The summed E-state index contributed by atoms with van der Waals surface area (Å²) in [4.78, 5) is 8.79. The molecule has 9 rings (SSSR count). The molecule has 0 atom stereocenters. The maximum atomic E-state index is 8.44. The number of rotatable bonds is 3. The molecule has 47 heavy (non-hydrogen) atoms. The number of pyridine rings is 2. The van der Waals surface area contributed by atoms with E-state index in [4.69, 9.17) is 5.48 Å². The molecule has 0 unspecified atom stereocenters. The average molecular weight is 823 g/mol. The number of fused-ring (bicyclic) bond motifs is 9. The van der Waals surface area contributed by atoms with E-state index in [2.05, 4.69) is 76.7 Å². The summed E-state index contributed by atoms with van der Waals surface area (Å²) in [6, 6.07) is 43.2. The summed E-state index contributed by atoms with van der Waals surface area (Å²) in [5.41, 5.74) is 4.70. The van der Waals surface area contributed by atoms with Crippen molar-refractivity contribution in [2.75, 3.05) is 0 Å². The Balaban J connectivity index is 0.000000202. The van der Waals surface area contributed by atoms with Gasteiger partial charge in [-0.15, -0.1) is 71.0 Å². The van der Waals surface area contributed by atoms with Crippen molar-refractivity contribution in [3.05, 3.63) is 145 Å². The molecule has 0 spiro atoms. The molecule has 0 aliphatic carbocycles. The van der Waals surface area contributed by atoms with Crippen molar-refractivity contribution >= 4 is 73.8 Å². The Kier molecular flexibility index (Phi) is 7.46. The van der Waals surface area contributed by atoms with E-state index in [9.17, 15) is 0 Å². The second-order valence-electron chi connectivity index (χ2n) is 11.4. The normalized spacial score (nSPS) is 13.1. The number of hydrogen-bond acceptors (Lipinski definition) is 4. The molecule has 0 aliphatic rings. The fourth-order valence-corrected chi connectivity index (χ4v) is 8.53. The molecule has 2 nitrogen and oxygen atoms in total. The van der Waals surface area contributed by atoms with E-state index in [1.807, 2.05) is 79.1 Å². The van der Waals surface area contributed by atoms with Crippen molar-refractivity contribution < 1.29 is 25.6 Å². The van der Waals surface area contributed by atoms with E-state index in [1.165, 1.54) is 57.3 Å². The van der Waals surface area contributed by atoms with Gasteiger partial charge in [0.15, 0.2) is 0 Å². The third kappa shape index (κ3) is 5.79. The SMILES string of the molecule is [2H]C(C)(C)c1ccnc(-c2[c-]ccc3c2sc2c3ccc3c2ccc2c4ccccc4sc23)c1.[2H]C([2H])([2H])c1ccc(-c2[c-]cccc2)nc1.[Ir]. The standard InChI is InChI=1S/C30H20NS2.C12H10N.Ir/c1-17(2)18-14-15-31-26(16-18)25-8-5-7-20-22-12-13-23-24(29(22)33-30(20)25)11-10-21-19-6-3-4-9-27(19)32-28(21)23;1-10-7-8-12(13-9-10)11-5-3-2-4-6-11;/h3-7,9-17H,1-2H3;2-5,7-9H,1H3;/q2*-1;/i17D;1D3;. The van der Waals surface area contributed by atoms with Crippen LogP contribution in [0.2, 0.25) is 0 Å². The fraction of sp³-hybridized carbons (Fsp3) is 0.0952. The molecule has 0 saturated carbocycles. The Morgan fingerprint density at radius 1 is 0.660 bits per heavy atom. The Morgan fingerprint density at radius 2 is 1.38 bits per heavy atom. The van der Waals surface area contributed by atoms with Gasteiger partial charge in [-0.2, -0.15) is 11.3 Å².